The molecule has 2 bridgehead atoms. The highest BCUT2D eigenvalue weighted by Gasteiger charge is 2.46. The lowest BCUT2D eigenvalue weighted by atomic mass is 9.98. The summed E-state index contributed by atoms with van der Waals surface area (Å²) in [6.07, 6.45) is 4.97. The van der Waals surface area contributed by atoms with E-state index in [4.69, 9.17) is 0 Å². The molecule has 0 aromatic carbocycles. The zero-order valence-electron chi connectivity index (χ0n) is 6.75. The third kappa shape index (κ3) is 1.31. The van der Waals surface area contributed by atoms with E-state index in [-0.39, 0.29) is 10.9 Å². The van der Waals surface area contributed by atoms with Crippen molar-refractivity contribution in [3.05, 3.63) is 0 Å². The molecule has 1 saturated carbocycles. The van der Waals surface area contributed by atoms with Gasteiger partial charge in [-0.2, -0.15) is 0 Å². The first-order chi connectivity index (χ1) is 5.22. The largest absolute Gasteiger partial charge is 0.390 e. The first kappa shape index (κ1) is 8.27. The topological polar surface area (TPSA) is 20.2 Å². The van der Waals surface area contributed by atoms with Crippen molar-refractivity contribution in [3.8, 4) is 0 Å². The van der Waals surface area contributed by atoms with E-state index >= 15 is 0 Å². The van der Waals surface area contributed by atoms with Gasteiger partial charge in [0, 0.05) is 5.25 Å². The van der Waals surface area contributed by atoms with E-state index < -0.39 is 0 Å². The van der Waals surface area contributed by atoms with Crippen LogP contribution in [-0.4, -0.2) is 21.2 Å². The first-order valence-corrected chi connectivity index (χ1v) is 6.46. The average molecular weight is 190 g/mol. The molecule has 2 fully saturated rings. The maximum atomic E-state index is 9.91. The Balaban J connectivity index is 2.18. The lowest BCUT2D eigenvalue weighted by Crippen LogP contribution is -2.35. The van der Waals surface area contributed by atoms with Crippen LogP contribution < -0.4 is 0 Å². The lowest BCUT2D eigenvalue weighted by Gasteiger charge is -2.25. The van der Waals surface area contributed by atoms with Gasteiger partial charge in [0.2, 0.25) is 0 Å². The summed E-state index contributed by atoms with van der Waals surface area (Å²) in [6.45, 7) is 2.21. The standard InChI is InChI=1S/C8H14OS2/c1-8-5-3-2-4-6(7(8)9)10-11-8/h6-7,9H,2-5H2,1H3. The van der Waals surface area contributed by atoms with Crippen molar-refractivity contribution in [2.45, 2.75) is 48.7 Å². The predicted molar refractivity (Wildman–Crippen MR) is 51.8 cm³/mol. The highest BCUT2D eigenvalue weighted by atomic mass is 33.1. The van der Waals surface area contributed by atoms with Crippen LogP contribution in [0.3, 0.4) is 0 Å². The maximum Gasteiger partial charge on any atom is 0.0819 e. The molecule has 0 spiro atoms. The molecule has 3 unspecified atom stereocenters. The third-order valence-electron chi connectivity index (χ3n) is 2.75. The summed E-state index contributed by atoms with van der Waals surface area (Å²) < 4.78 is 0.172. The van der Waals surface area contributed by atoms with E-state index in [2.05, 4.69) is 6.92 Å². The van der Waals surface area contributed by atoms with Crippen LogP contribution in [0.5, 0.6) is 0 Å². The summed E-state index contributed by atoms with van der Waals surface area (Å²) in [5, 5.41) is 10.4. The van der Waals surface area contributed by atoms with Crippen LogP contribution in [0.1, 0.15) is 32.6 Å². The van der Waals surface area contributed by atoms with Crippen LogP contribution in [-0.2, 0) is 0 Å². The number of rotatable bonds is 0. The molecule has 3 heteroatoms. The molecule has 1 N–H and O–H groups in total. The molecule has 0 radical (unpaired) electrons. The highest BCUT2D eigenvalue weighted by molar-refractivity contribution is 8.77. The number of fused-ring (bicyclic) bond motifs is 2. The number of aliphatic hydroxyl groups excluding tert-OH is 1. The Kier molecular flexibility index (Phi) is 2.15. The molecule has 0 aromatic heterocycles. The molecule has 1 saturated heterocycles. The second kappa shape index (κ2) is 2.86. The van der Waals surface area contributed by atoms with Gasteiger partial charge in [-0.15, -0.1) is 0 Å². The summed E-state index contributed by atoms with van der Waals surface area (Å²) in [7, 11) is 3.80. The summed E-state index contributed by atoms with van der Waals surface area (Å²) >= 11 is 0. The first-order valence-electron chi connectivity index (χ1n) is 4.25. The SMILES string of the molecule is CC12CCCCC(SS1)C2O. The minimum absolute atomic E-state index is 0.0556. The molecule has 1 aliphatic heterocycles. The molecular formula is C8H14OS2. The zero-order chi connectivity index (χ0) is 7.90. The summed E-state index contributed by atoms with van der Waals surface area (Å²) in [6, 6.07) is 0. The van der Waals surface area contributed by atoms with Gasteiger partial charge in [-0.05, 0) is 19.8 Å². The molecule has 3 atom stereocenters. The van der Waals surface area contributed by atoms with E-state index in [1.165, 1.54) is 25.7 Å². The van der Waals surface area contributed by atoms with E-state index in [1.54, 1.807) is 0 Å². The Labute approximate surface area is 75.7 Å². The minimum atomic E-state index is -0.0556. The fraction of sp³-hybridized carbons (Fsp3) is 1.00. The van der Waals surface area contributed by atoms with Gasteiger partial charge in [-0.25, -0.2) is 0 Å². The Morgan fingerprint density at radius 2 is 2.27 bits per heavy atom. The van der Waals surface area contributed by atoms with Crippen LogP contribution in [0.2, 0.25) is 0 Å². The third-order valence-corrected chi connectivity index (χ3v) is 6.59. The van der Waals surface area contributed by atoms with Crippen molar-refractivity contribution in [1.29, 1.82) is 0 Å². The number of aliphatic hydroxyl groups is 1. The van der Waals surface area contributed by atoms with Crippen LogP contribution in [0, 0.1) is 0 Å². The molecule has 64 valence electrons. The van der Waals surface area contributed by atoms with Crippen molar-refractivity contribution in [2.24, 2.45) is 0 Å². The number of hydrogen-bond acceptors (Lipinski definition) is 3. The van der Waals surface area contributed by atoms with Gasteiger partial charge >= 0.3 is 0 Å². The van der Waals surface area contributed by atoms with Gasteiger partial charge in [0.05, 0.1) is 10.9 Å². The van der Waals surface area contributed by atoms with Crippen LogP contribution in [0.15, 0.2) is 0 Å². The van der Waals surface area contributed by atoms with Crippen LogP contribution in [0.25, 0.3) is 0 Å². The average Bonchev–Trinajstić information content (AvgIpc) is 2.13. The van der Waals surface area contributed by atoms with Crippen molar-refractivity contribution in [3.63, 3.8) is 0 Å². The maximum absolute atomic E-state index is 9.91. The van der Waals surface area contributed by atoms with Gasteiger partial charge in [0.15, 0.2) is 0 Å². The molecule has 11 heavy (non-hydrogen) atoms. The van der Waals surface area contributed by atoms with E-state index in [1.807, 2.05) is 21.6 Å². The molecule has 1 aliphatic carbocycles. The second-order valence-electron chi connectivity index (χ2n) is 3.72. The van der Waals surface area contributed by atoms with Crippen molar-refractivity contribution in [1.82, 2.24) is 0 Å². The number of hydrogen-bond donors (Lipinski definition) is 1. The van der Waals surface area contributed by atoms with E-state index in [0.717, 1.165) is 0 Å². The second-order valence-corrected chi connectivity index (χ2v) is 6.70. The highest BCUT2D eigenvalue weighted by Crippen LogP contribution is 2.56. The monoisotopic (exact) mass is 190 g/mol. The predicted octanol–water partition coefficient (Wildman–Crippen LogP) is 2.44. The van der Waals surface area contributed by atoms with E-state index in [9.17, 15) is 5.11 Å². The van der Waals surface area contributed by atoms with Gasteiger partial charge in [-0.1, -0.05) is 34.4 Å². The molecule has 1 nitrogen and oxygen atoms in total. The van der Waals surface area contributed by atoms with Crippen LogP contribution >= 0.6 is 21.6 Å². The smallest absolute Gasteiger partial charge is 0.0819 e. The fourth-order valence-corrected chi connectivity index (χ4v) is 5.65. The van der Waals surface area contributed by atoms with Gasteiger partial charge in [0.25, 0.3) is 0 Å². The minimum Gasteiger partial charge on any atom is -0.390 e. The van der Waals surface area contributed by atoms with Gasteiger partial charge in [-0.3, -0.25) is 0 Å². The summed E-state index contributed by atoms with van der Waals surface area (Å²) in [4.78, 5) is 0. The quantitative estimate of drug-likeness (QED) is 0.592. The van der Waals surface area contributed by atoms with Crippen molar-refractivity contribution in [2.75, 3.05) is 0 Å². The molecule has 0 amide bonds. The van der Waals surface area contributed by atoms with Crippen LogP contribution in [0.4, 0.5) is 0 Å². The Morgan fingerprint density at radius 1 is 1.45 bits per heavy atom. The Hall–Kier alpha value is 0.660. The lowest BCUT2D eigenvalue weighted by molar-refractivity contribution is 0.137. The van der Waals surface area contributed by atoms with Crippen molar-refractivity contribution < 1.29 is 5.11 Å². The van der Waals surface area contributed by atoms with Gasteiger partial charge < -0.3 is 5.11 Å². The normalized spacial score (nSPS) is 50.7. The molecule has 0 aromatic rings. The Morgan fingerprint density at radius 3 is 3.09 bits per heavy atom. The molecule has 1 heterocycles. The van der Waals surface area contributed by atoms with Gasteiger partial charge in [0.1, 0.15) is 0 Å². The fourth-order valence-electron chi connectivity index (χ4n) is 1.88. The van der Waals surface area contributed by atoms with E-state index in [0.29, 0.717) is 5.25 Å². The summed E-state index contributed by atoms with van der Waals surface area (Å²) in [5.41, 5.74) is 0. The van der Waals surface area contributed by atoms with Crippen molar-refractivity contribution >= 4 is 21.6 Å². The summed E-state index contributed by atoms with van der Waals surface area (Å²) in [5.74, 6) is 0. The zero-order valence-corrected chi connectivity index (χ0v) is 8.38. The molecule has 2 rings (SSSR count). The Bertz CT molecular complexity index is 160. The molecular weight excluding hydrogens is 176 g/mol. The molecule has 2 aliphatic rings.